The van der Waals surface area contributed by atoms with E-state index < -0.39 is 0 Å². The summed E-state index contributed by atoms with van der Waals surface area (Å²) in [7, 11) is 3.62. The molecule has 0 saturated carbocycles. The minimum Gasteiger partial charge on any atom is -0.383 e. The molecule has 1 heterocycles. The van der Waals surface area contributed by atoms with Gasteiger partial charge >= 0.3 is 0 Å². The number of rotatable bonds is 5. The highest BCUT2D eigenvalue weighted by Crippen LogP contribution is 2.23. The van der Waals surface area contributed by atoms with Gasteiger partial charge in [0.1, 0.15) is 0 Å². The Kier molecular flexibility index (Phi) is 4.23. The largest absolute Gasteiger partial charge is 0.383 e. The molecule has 0 aliphatic rings. The third-order valence-corrected chi connectivity index (χ3v) is 3.40. The van der Waals surface area contributed by atoms with E-state index >= 15 is 0 Å². The van der Waals surface area contributed by atoms with Crippen LogP contribution in [0.25, 0.3) is 0 Å². The minimum absolute atomic E-state index is 0.0616. The van der Waals surface area contributed by atoms with Crippen molar-refractivity contribution in [2.75, 3.05) is 25.7 Å². The highest BCUT2D eigenvalue weighted by molar-refractivity contribution is 7.17. The number of thiazole rings is 1. The first-order valence-corrected chi connectivity index (χ1v) is 5.56. The molecule has 1 aromatic rings. The molecule has 0 amide bonds. The Morgan fingerprint density at radius 1 is 1.73 bits per heavy atom. The lowest BCUT2D eigenvalue weighted by molar-refractivity contribution is 0.102. The average Bonchev–Trinajstić information content (AvgIpc) is 2.65. The van der Waals surface area contributed by atoms with E-state index in [0.29, 0.717) is 11.5 Å². The zero-order chi connectivity index (χ0) is 11.4. The molecule has 0 radical (unpaired) electrons. The molecular weight excluding hydrogens is 212 g/mol. The summed E-state index contributed by atoms with van der Waals surface area (Å²) < 4.78 is 5.07. The Hall–Kier alpha value is -0.940. The molecule has 84 valence electrons. The normalized spacial score (nSPS) is 12.5. The number of carbonyl (C=O) groups excluding carboxylic acids is 1. The van der Waals surface area contributed by atoms with Crippen LogP contribution in [-0.4, -0.2) is 37.6 Å². The molecule has 0 saturated heterocycles. The predicted molar refractivity (Wildman–Crippen MR) is 61.9 cm³/mol. The summed E-state index contributed by atoms with van der Waals surface area (Å²) >= 11 is 1.41. The molecule has 0 N–H and O–H groups in total. The second kappa shape index (κ2) is 5.23. The van der Waals surface area contributed by atoms with Gasteiger partial charge in [-0.1, -0.05) is 11.3 Å². The van der Waals surface area contributed by atoms with Crippen LogP contribution in [0.3, 0.4) is 0 Å². The van der Waals surface area contributed by atoms with Crippen LogP contribution < -0.4 is 4.90 Å². The van der Waals surface area contributed by atoms with E-state index in [2.05, 4.69) is 11.9 Å². The van der Waals surface area contributed by atoms with Crippen molar-refractivity contribution in [2.24, 2.45) is 0 Å². The maximum absolute atomic E-state index is 11.1. The standard InChI is InChI=1S/C10H16N2O2S/c1-7(6-14-4)12(3)10-11-5-9(15-10)8(2)13/h5,7H,6H2,1-4H3. The van der Waals surface area contributed by atoms with E-state index in [4.69, 9.17) is 4.74 Å². The van der Waals surface area contributed by atoms with Gasteiger partial charge in [-0.3, -0.25) is 4.79 Å². The zero-order valence-corrected chi connectivity index (χ0v) is 10.3. The molecule has 5 heteroatoms. The fourth-order valence-electron chi connectivity index (χ4n) is 1.13. The van der Waals surface area contributed by atoms with Crippen molar-refractivity contribution in [3.05, 3.63) is 11.1 Å². The summed E-state index contributed by atoms with van der Waals surface area (Å²) in [5, 5.41) is 0.852. The first-order valence-electron chi connectivity index (χ1n) is 4.74. The second-order valence-corrected chi connectivity index (χ2v) is 4.49. The monoisotopic (exact) mass is 228 g/mol. The van der Waals surface area contributed by atoms with Gasteiger partial charge < -0.3 is 9.64 Å². The highest BCUT2D eigenvalue weighted by Gasteiger charge is 2.14. The van der Waals surface area contributed by atoms with Crippen LogP contribution in [0.4, 0.5) is 5.13 Å². The zero-order valence-electron chi connectivity index (χ0n) is 9.48. The minimum atomic E-state index is 0.0616. The molecule has 4 nitrogen and oxygen atoms in total. The summed E-state index contributed by atoms with van der Waals surface area (Å²) in [4.78, 5) is 18.0. The van der Waals surface area contributed by atoms with Crippen LogP contribution in [0.15, 0.2) is 6.20 Å². The van der Waals surface area contributed by atoms with Gasteiger partial charge in [-0.25, -0.2) is 4.98 Å². The molecule has 1 aromatic heterocycles. The second-order valence-electron chi connectivity index (χ2n) is 3.48. The lowest BCUT2D eigenvalue weighted by Gasteiger charge is -2.23. The molecule has 1 atom stereocenters. The summed E-state index contributed by atoms with van der Waals surface area (Å²) in [6.45, 7) is 4.25. The quantitative estimate of drug-likeness (QED) is 0.721. The topological polar surface area (TPSA) is 42.4 Å². The van der Waals surface area contributed by atoms with Crippen molar-refractivity contribution in [2.45, 2.75) is 19.9 Å². The van der Waals surface area contributed by atoms with Crippen LogP contribution in [-0.2, 0) is 4.74 Å². The number of anilines is 1. The Morgan fingerprint density at radius 3 is 2.87 bits per heavy atom. The van der Waals surface area contributed by atoms with Crippen molar-refractivity contribution in [3.8, 4) is 0 Å². The Labute approximate surface area is 93.9 Å². The van der Waals surface area contributed by atoms with Gasteiger partial charge in [0.15, 0.2) is 10.9 Å². The van der Waals surface area contributed by atoms with Crippen molar-refractivity contribution in [1.82, 2.24) is 4.98 Å². The van der Waals surface area contributed by atoms with E-state index in [-0.39, 0.29) is 11.8 Å². The third-order valence-electron chi connectivity index (χ3n) is 2.21. The Morgan fingerprint density at radius 2 is 2.40 bits per heavy atom. The lowest BCUT2D eigenvalue weighted by Crippen LogP contribution is -2.32. The van der Waals surface area contributed by atoms with Crippen LogP contribution in [0.1, 0.15) is 23.5 Å². The smallest absolute Gasteiger partial charge is 0.186 e. The number of carbonyl (C=O) groups is 1. The first-order chi connectivity index (χ1) is 7.06. The van der Waals surface area contributed by atoms with E-state index in [9.17, 15) is 4.79 Å². The SMILES string of the molecule is COCC(C)N(C)c1ncc(C(C)=O)s1. The van der Waals surface area contributed by atoms with Crippen LogP contribution >= 0.6 is 11.3 Å². The van der Waals surface area contributed by atoms with Crippen molar-refractivity contribution in [1.29, 1.82) is 0 Å². The Bertz CT molecular complexity index is 338. The number of nitrogens with zero attached hydrogens (tertiary/aromatic N) is 2. The number of hydrogen-bond donors (Lipinski definition) is 0. The number of Topliss-reactive ketones (excluding diaryl/α,β-unsaturated/α-hetero) is 1. The van der Waals surface area contributed by atoms with Crippen molar-refractivity contribution >= 4 is 22.3 Å². The van der Waals surface area contributed by atoms with Crippen LogP contribution in [0, 0.1) is 0 Å². The van der Waals surface area contributed by atoms with Gasteiger partial charge in [-0.15, -0.1) is 0 Å². The number of ketones is 1. The molecular formula is C10H16N2O2S. The molecule has 0 aromatic carbocycles. The van der Waals surface area contributed by atoms with Crippen LogP contribution in [0.5, 0.6) is 0 Å². The summed E-state index contributed by atoms with van der Waals surface area (Å²) in [5.74, 6) is 0.0616. The number of ether oxygens (including phenoxy) is 1. The van der Waals surface area contributed by atoms with Crippen molar-refractivity contribution < 1.29 is 9.53 Å². The third kappa shape index (κ3) is 3.00. The highest BCUT2D eigenvalue weighted by atomic mass is 32.1. The molecule has 0 spiro atoms. The van der Waals surface area contributed by atoms with Gasteiger partial charge in [-0.2, -0.15) is 0 Å². The molecule has 1 unspecified atom stereocenters. The summed E-state index contributed by atoms with van der Waals surface area (Å²) in [6, 6.07) is 0.251. The van der Waals surface area contributed by atoms with Gasteiger partial charge in [0.25, 0.3) is 0 Å². The number of likely N-dealkylation sites (N-methyl/N-ethyl adjacent to an activating group) is 1. The van der Waals surface area contributed by atoms with Gasteiger partial charge in [0.05, 0.1) is 23.7 Å². The van der Waals surface area contributed by atoms with E-state index in [1.54, 1.807) is 20.2 Å². The Balaban J connectivity index is 2.73. The van der Waals surface area contributed by atoms with Gasteiger partial charge in [-0.05, 0) is 6.92 Å². The molecule has 0 aliphatic heterocycles. The average molecular weight is 228 g/mol. The van der Waals surface area contributed by atoms with E-state index in [1.165, 1.54) is 11.3 Å². The van der Waals surface area contributed by atoms with Crippen molar-refractivity contribution in [3.63, 3.8) is 0 Å². The number of hydrogen-bond acceptors (Lipinski definition) is 5. The molecule has 0 aliphatic carbocycles. The number of aromatic nitrogens is 1. The van der Waals surface area contributed by atoms with E-state index in [0.717, 1.165) is 5.13 Å². The predicted octanol–water partition coefficient (Wildman–Crippen LogP) is 1.82. The summed E-state index contributed by atoms with van der Waals surface area (Å²) in [6.07, 6.45) is 1.62. The molecule has 1 rings (SSSR count). The number of methoxy groups -OCH3 is 1. The fourth-order valence-corrected chi connectivity index (χ4v) is 2.01. The molecule has 15 heavy (non-hydrogen) atoms. The van der Waals surface area contributed by atoms with E-state index in [1.807, 2.05) is 11.9 Å². The molecule has 0 fully saturated rings. The maximum atomic E-state index is 11.1. The van der Waals surface area contributed by atoms with Crippen LogP contribution in [0.2, 0.25) is 0 Å². The van der Waals surface area contributed by atoms with Gasteiger partial charge in [0, 0.05) is 21.1 Å². The lowest BCUT2D eigenvalue weighted by atomic mass is 10.3. The first kappa shape index (κ1) is 12.1. The molecule has 0 bridgehead atoms. The maximum Gasteiger partial charge on any atom is 0.186 e. The summed E-state index contributed by atoms with van der Waals surface area (Å²) in [5.41, 5.74) is 0. The van der Waals surface area contributed by atoms with Gasteiger partial charge in [0.2, 0.25) is 0 Å². The fraction of sp³-hybridized carbons (Fsp3) is 0.600.